The molecule has 1 atom stereocenters. The molecule has 0 aromatic heterocycles. The number of nitrogens with one attached hydrogen (secondary N) is 1. The van der Waals surface area contributed by atoms with Crippen LogP contribution in [0.1, 0.15) is 25.7 Å². The van der Waals surface area contributed by atoms with E-state index in [1.54, 1.807) is 12.7 Å². The first-order valence-electron chi connectivity index (χ1n) is 7.57. The number of ether oxygens (including phenoxy) is 2. The summed E-state index contributed by atoms with van der Waals surface area (Å²) in [5, 5.41) is 3.47. The molecule has 0 aromatic carbocycles. The quantitative estimate of drug-likeness (QED) is 0.327. The van der Waals surface area contributed by atoms with Crippen LogP contribution in [0, 0.1) is 0 Å². The van der Waals surface area contributed by atoms with Gasteiger partial charge in [0.2, 0.25) is 0 Å². The lowest BCUT2D eigenvalue weighted by molar-refractivity contribution is -0.0447. The monoisotopic (exact) mass is 409 g/mol. The number of guanidine groups is 1. The van der Waals surface area contributed by atoms with E-state index in [2.05, 4.69) is 21.3 Å². The maximum absolute atomic E-state index is 5.67. The average Bonchev–Trinajstić information content (AvgIpc) is 2.97. The van der Waals surface area contributed by atoms with Crippen molar-refractivity contribution < 1.29 is 9.47 Å². The number of allylic oxidation sites excluding steroid dienone is 1. The Hall–Kier alpha value is -0.340. The summed E-state index contributed by atoms with van der Waals surface area (Å²) in [6.07, 6.45) is 7.51. The van der Waals surface area contributed by atoms with Crippen molar-refractivity contribution in [1.29, 1.82) is 0 Å². The Balaban J connectivity index is 0.00000220. The molecule has 2 rings (SSSR count). The Morgan fingerprint density at radius 3 is 3.10 bits per heavy atom. The van der Waals surface area contributed by atoms with Crippen molar-refractivity contribution in [3.8, 4) is 0 Å². The van der Waals surface area contributed by atoms with E-state index in [9.17, 15) is 0 Å². The van der Waals surface area contributed by atoms with E-state index in [0.717, 1.165) is 38.6 Å². The fourth-order valence-corrected chi connectivity index (χ4v) is 2.83. The van der Waals surface area contributed by atoms with E-state index in [0.29, 0.717) is 6.61 Å². The van der Waals surface area contributed by atoms with Gasteiger partial charge in [0, 0.05) is 33.8 Å². The van der Waals surface area contributed by atoms with E-state index in [-0.39, 0.29) is 30.1 Å². The van der Waals surface area contributed by atoms with Crippen LogP contribution in [0.4, 0.5) is 0 Å². The molecule has 2 aliphatic rings. The summed E-state index contributed by atoms with van der Waals surface area (Å²) in [5.74, 6) is 0.980. The molecular weight excluding hydrogens is 381 g/mol. The molecule has 6 heteroatoms. The molecule has 0 radical (unpaired) electrons. The lowest BCUT2D eigenvalue weighted by Gasteiger charge is -2.34. The molecule has 1 heterocycles. The first kappa shape index (κ1) is 18.7. The van der Waals surface area contributed by atoms with Gasteiger partial charge in [0.05, 0.1) is 19.3 Å². The number of hydrogen-bond donors (Lipinski definition) is 1. The first-order valence-corrected chi connectivity index (χ1v) is 7.57. The van der Waals surface area contributed by atoms with Crippen LogP contribution in [0.25, 0.3) is 0 Å². The third-order valence-corrected chi connectivity index (χ3v) is 3.87. The van der Waals surface area contributed by atoms with Crippen LogP contribution in [0.15, 0.2) is 16.6 Å². The Bertz CT molecular complexity index is 359. The summed E-state index contributed by atoms with van der Waals surface area (Å²) in [6.45, 7) is 4.07. The lowest BCUT2D eigenvalue weighted by Crippen LogP contribution is -2.51. The average molecular weight is 409 g/mol. The van der Waals surface area contributed by atoms with Gasteiger partial charge in [0.25, 0.3) is 0 Å². The number of halogens is 1. The van der Waals surface area contributed by atoms with Crippen LogP contribution in [0.2, 0.25) is 0 Å². The Kier molecular flexibility index (Phi) is 9.26. The van der Waals surface area contributed by atoms with Crippen molar-refractivity contribution in [2.24, 2.45) is 4.99 Å². The van der Waals surface area contributed by atoms with Crippen molar-refractivity contribution in [2.75, 3.05) is 47.0 Å². The van der Waals surface area contributed by atoms with Crippen LogP contribution in [-0.2, 0) is 9.47 Å². The minimum absolute atomic E-state index is 0. The molecule has 1 fully saturated rings. The smallest absolute Gasteiger partial charge is 0.193 e. The predicted octanol–water partition coefficient (Wildman–Crippen LogP) is 2.03. The third-order valence-electron chi connectivity index (χ3n) is 3.87. The maximum atomic E-state index is 5.67. The van der Waals surface area contributed by atoms with Gasteiger partial charge < -0.3 is 19.7 Å². The van der Waals surface area contributed by atoms with Crippen molar-refractivity contribution >= 4 is 29.9 Å². The van der Waals surface area contributed by atoms with E-state index >= 15 is 0 Å². The number of nitrogens with zero attached hydrogens (tertiary/aromatic N) is 2. The molecule has 122 valence electrons. The molecule has 0 spiro atoms. The second-order valence-electron chi connectivity index (χ2n) is 5.37. The molecule has 0 bridgehead atoms. The van der Waals surface area contributed by atoms with Crippen molar-refractivity contribution in [3.05, 3.63) is 11.6 Å². The molecule has 0 aromatic rings. The second-order valence-corrected chi connectivity index (χ2v) is 5.37. The summed E-state index contributed by atoms with van der Waals surface area (Å²) < 4.78 is 10.8. The number of methoxy groups -OCH3 is 1. The SMILES string of the molecule is CN=C(NCCC1=CCCC1)N1CCOC(COC)C1.I. The van der Waals surface area contributed by atoms with Gasteiger partial charge in [-0.15, -0.1) is 24.0 Å². The summed E-state index contributed by atoms with van der Waals surface area (Å²) in [4.78, 5) is 6.65. The van der Waals surface area contributed by atoms with Gasteiger partial charge >= 0.3 is 0 Å². The van der Waals surface area contributed by atoms with Gasteiger partial charge in [-0.3, -0.25) is 4.99 Å². The van der Waals surface area contributed by atoms with Gasteiger partial charge in [-0.2, -0.15) is 0 Å². The minimum atomic E-state index is 0. The van der Waals surface area contributed by atoms with Crippen molar-refractivity contribution in [3.63, 3.8) is 0 Å². The summed E-state index contributed by atoms with van der Waals surface area (Å²) in [5.41, 5.74) is 1.59. The number of rotatable bonds is 5. The lowest BCUT2D eigenvalue weighted by atomic mass is 10.2. The molecule has 0 saturated carbocycles. The Morgan fingerprint density at radius 2 is 2.43 bits per heavy atom. The maximum Gasteiger partial charge on any atom is 0.193 e. The number of aliphatic imine (C=N–C) groups is 1. The fourth-order valence-electron chi connectivity index (χ4n) is 2.83. The zero-order valence-corrected chi connectivity index (χ0v) is 15.5. The molecular formula is C15H28IN3O2. The molecule has 1 unspecified atom stereocenters. The molecule has 5 nitrogen and oxygen atoms in total. The van der Waals surface area contributed by atoms with Crippen molar-refractivity contribution in [2.45, 2.75) is 31.8 Å². The standard InChI is InChI=1S/C15H27N3O2.HI/c1-16-15(17-8-7-13-5-3-4-6-13)18-9-10-20-14(11-18)12-19-2;/h5,14H,3-4,6-12H2,1-2H3,(H,16,17);1H. The van der Waals surface area contributed by atoms with Crippen LogP contribution >= 0.6 is 24.0 Å². The Morgan fingerprint density at radius 1 is 1.57 bits per heavy atom. The highest BCUT2D eigenvalue weighted by Gasteiger charge is 2.22. The molecule has 1 aliphatic heterocycles. The molecule has 0 amide bonds. The van der Waals surface area contributed by atoms with Gasteiger partial charge in [-0.05, 0) is 25.7 Å². The van der Waals surface area contributed by atoms with Gasteiger partial charge in [-0.1, -0.05) is 11.6 Å². The number of hydrogen-bond acceptors (Lipinski definition) is 3. The highest BCUT2D eigenvalue weighted by molar-refractivity contribution is 14.0. The van der Waals surface area contributed by atoms with Gasteiger partial charge in [0.15, 0.2) is 5.96 Å². The first-order chi connectivity index (χ1) is 9.83. The highest BCUT2D eigenvalue weighted by atomic mass is 127. The summed E-state index contributed by atoms with van der Waals surface area (Å²) in [7, 11) is 3.56. The summed E-state index contributed by atoms with van der Waals surface area (Å²) >= 11 is 0. The zero-order valence-electron chi connectivity index (χ0n) is 13.1. The normalized spacial score (nSPS) is 22.8. The van der Waals surface area contributed by atoms with Crippen molar-refractivity contribution in [1.82, 2.24) is 10.2 Å². The van der Waals surface area contributed by atoms with Crippen LogP contribution in [0.3, 0.4) is 0 Å². The Labute approximate surface area is 145 Å². The van der Waals surface area contributed by atoms with Crippen LogP contribution < -0.4 is 5.32 Å². The van der Waals surface area contributed by atoms with E-state index in [4.69, 9.17) is 9.47 Å². The van der Waals surface area contributed by atoms with Gasteiger partial charge in [0.1, 0.15) is 0 Å². The van der Waals surface area contributed by atoms with E-state index < -0.39 is 0 Å². The van der Waals surface area contributed by atoms with E-state index in [1.165, 1.54) is 19.3 Å². The summed E-state index contributed by atoms with van der Waals surface area (Å²) in [6, 6.07) is 0. The molecule has 1 aliphatic carbocycles. The van der Waals surface area contributed by atoms with E-state index in [1.807, 2.05) is 7.05 Å². The molecule has 21 heavy (non-hydrogen) atoms. The number of morpholine rings is 1. The molecule has 1 saturated heterocycles. The molecule has 1 N–H and O–H groups in total. The van der Waals surface area contributed by atoms with Gasteiger partial charge in [-0.25, -0.2) is 0 Å². The predicted molar refractivity (Wildman–Crippen MR) is 96.5 cm³/mol. The topological polar surface area (TPSA) is 46.1 Å². The minimum Gasteiger partial charge on any atom is -0.382 e. The third kappa shape index (κ3) is 6.12. The zero-order chi connectivity index (χ0) is 14.2. The fraction of sp³-hybridized carbons (Fsp3) is 0.800. The van der Waals surface area contributed by atoms with Crippen LogP contribution in [0.5, 0.6) is 0 Å². The highest BCUT2D eigenvalue weighted by Crippen LogP contribution is 2.19. The van der Waals surface area contributed by atoms with Crippen LogP contribution in [-0.4, -0.2) is 64.0 Å². The largest absolute Gasteiger partial charge is 0.382 e. The second kappa shape index (κ2) is 10.4.